The van der Waals surface area contributed by atoms with Gasteiger partial charge < -0.3 is 9.52 Å². The fourth-order valence-corrected chi connectivity index (χ4v) is 0.803. The molecule has 56 valence electrons. The Morgan fingerprint density at radius 2 is 2.36 bits per heavy atom. The first-order valence-electron chi connectivity index (χ1n) is 2.69. The third kappa shape index (κ3) is 2.48. The van der Waals surface area contributed by atoms with Gasteiger partial charge in [-0.1, -0.05) is 0 Å². The van der Waals surface area contributed by atoms with E-state index >= 15 is 0 Å². The van der Waals surface area contributed by atoms with Gasteiger partial charge in [0.1, 0.15) is 0 Å². The van der Waals surface area contributed by atoms with Crippen molar-refractivity contribution in [2.24, 2.45) is 0 Å². The normalized spacial score (nSPS) is 8.45. The van der Waals surface area contributed by atoms with Gasteiger partial charge in [-0.25, -0.2) is 4.79 Å². The second-order valence-corrected chi connectivity index (χ2v) is 2.44. The number of carbonyl (C=O) groups is 1. The van der Waals surface area contributed by atoms with E-state index in [2.05, 4.69) is 21.9 Å². The summed E-state index contributed by atoms with van der Waals surface area (Å²) in [6, 6.07) is 3.23. The van der Waals surface area contributed by atoms with Crippen LogP contribution in [0.15, 0.2) is 21.2 Å². The van der Waals surface area contributed by atoms with Gasteiger partial charge in [0.25, 0.3) is 0 Å². The maximum atomic E-state index is 9.95. The van der Waals surface area contributed by atoms with E-state index in [-0.39, 0.29) is 0 Å². The van der Waals surface area contributed by atoms with E-state index in [0.717, 1.165) is 0 Å². The fraction of sp³-hybridized carbons (Fsp3) is 0. The molecule has 0 saturated carbocycles. The zero-order valence-electron chi connectivity index (χ0n) is 5.30. The molecule has 0 unspecified atom stereocenters. The largest absolute Gasteiger partial charge is 0.472 e. The lowest BCUT2D eigenvalue weighted by Gasteiger charge is -1.76. The molecule has 1 aromatic rings. The predicted octanol–water partition coefficient (Wildman–Crippen LogP) is 1.48. The summed E-state index contributed by atoms with van der Waals surface area (Å²) in [6.07, 6.45) is 0. The number of carboxylic acids is 1. The molecule has 0 aliphatic rings. The minimum absolute atomic E-state index is 0.333. The van der Waals surface area contributed by atoms with Crippen LogP contribution in [0, 0.1) is 11.8 Å². The molecule has 0 amide bonds. The molecule has 11 heavy (non-hydrogen) atoms. The molecule has 0 radical (unpaired) electrons. The number of hydrogen-bond acceptors (Lipinski definition) is 2. The van der Waals surface area contributed by atoms with Gasteiger partial charge in [-0.2, -0.15) is 0 Å². The van der Waals surface area contributed by atoms with E-state index < -0.39 is 5.97 Å². The molecule has 1 rings (SSSR count). The highest BCUT2D eigenvalue weighted by Gasteiger charge is 1.93. The van der Waals surface area contributed by atoms with Crippen LogP contribution in [-0.2, 0) is 4.79 Å². The molecule has 4 heteroatoms. The smallest absolute Gasteiger partial charge is 0.382 e. The first kappa shape index (κ1) is 7.89. The molecule has 1 N–H and O–H groups in total. The Bertz CT molecular complexity index is 329. The van der Waals surface area contributed by atoms with Gasteiger partial charge in [0, 0.05) is 5.92 Å². The van der Waals surface area contributed by atoms with Gasteiger partial charge in [0.15, 0.2) is 10.4 Å². The quantitative estimate of drug-likeness (QED) is 0.666. The van der Waals surface area contributed by atoms with Gasteiger partial charge in [0.2, 0.25) is 0 Å². The maximum Gasteiger partial charge on any atom is 0.382 e. The van der Waals surface area contributed by atoms with Crippen molar-refractivity contribution in [3.8, 4) is 11.8 Å². The van der Waals surface area contributed by atoms with Crippen LogP contribution in [0.5, 0.6) is 0 Å². The summed E-state index contributed by atoms with van der Waals surface area (Å²) in [5.74, 6) is 3.41. The number of carboxylic acid groups (broad SMARTS) is 1. The van der Waals surface area contributed by atoms with Crippen LogP contribution >= 0.6 is 15.9 Å². The van der Waals surface area contributed by atoms with E-state index in [1.807, 2.05) is 5.92 Å². The van der Waals surface area contributed by atoms with Crippen molar-refractivity contribution < 1.29 is 14.3 Å². The molecule has 0 aliphatic carbocycles. The first-order chi connectivity index (χ1) is 5.18. The summed E-state index contributed by atoms with van der Waals surface area (Å²) in [6.45, 7) is 0. The van der Waals surface area contributed by atoms with Crippen molar-refractivity contribution in [3.05, 3.63) is 22.6 Å². The summed E-state index contributed by atoms with van der Waals surface area (Å²) in [5.41, 5.74) is 0. The molecule has 0 atom stereocenters. The highest BCUT2D eigenvalue weighted by Crippen LogP contribution is 2.12. The van der Waals surface area contributed by atoms with Gasteiger partial charge in [-0.05, 0) is 34.0 Å². The second-order valence-electron chi connectivity index (χ2n) is 1.66. The third-order valence-corrected chi connectivity index (χ3v) is 1.29. The van der Waals surface area contributed by atoms with Gasteiger partial charge in [-0.15, -0.1) is 0 Å². The lowest BCUT2D eigenvalue weighted by atomic mass is 10.4. The summed E-state index contributed by atoms with van der Waals surface area (Å²) >= 11 is 3.06. The van der Waals surface area contributed by atoms with Crippen LogP contribution < -0.4 is 0 Å². The van der Waals surface area contributed by atoms with Crippen LogP contribution in [-0.4, -0.2) is 11.1 Å². The van der Waals surface area contributed by atoms with Crippen molar-refractivity contribution in [1.82, 2.24) is 0 Å². The third-order valence-electron chi connectivity index (χ3n) is 0.866. The number of furan rings is 1. The highest BCUT2D eigenvalue weighted by molar-refractivity contribution is 9.10. The fourth-order valence-electron chi connectivity index (χ4n) is 0.497. The molecular weight excluding hydrogens is 212 g/mol. The van der Waals surface area contributed by atoms with Crippen LogP contribution in [0.2, 0.25) is 0 Å². The number of halogens is 1. The Morgan fingerprint density at radius 1 is 1.64 bits per heavy atom. The van der Waals surface area contributed by atoms with Gasteiger partial charge in [0.05, 0.1) is 0 Å². The average molecular weight is 215 g/mol. The van der Waals surface area contributed by atoms with Gasteiger partial charge in [-0.3, -0.25) is 0 Å². The minimum Gasteiger partial charge on any atom is -0.472 e. The summed E-state index contributed by atoms with van der Waals surface area (Å²) in [4.78, 5) is 9.95. The topological polar surface area (TPSA) is 50.4 Å². The SMILES string of the molecule is O=C(O)C#Cc1ccc(Br)o1. The Labute approximate surface area is 71.1 Å². The monoisotopic (exact) mass is 214 g/mol. The molecular formula is C7H3BrO3. The second kappa shape index (κ2) is 3.26. The average Bonchev–Trinajstić information content (AvgIpc) is 2.31. The highest BCUT2D eigenvalue weighted by atomic mass is 79.9. The van der Waals surface area contributed by atoms with Crippen LogP contribution in [0.25, 0.3) is 0 Å². The van der Waals surface area contributed by atoms with Gasteiger partial charge >= 0.3 is 5.97 Å². The van der Waals surface area contributed by atoms with Crippen molar-refractivity contribution in [3.63, 3.8) is 0 Å². The molecule has 0 aromatic carbocycles. The van der Waals surface area contributed by atoms with Crippen LogP contribution in [0.3, 0.4) is 0 Å². The molecule has 3 nitrogen and oxygen atoms in total. The number of hydrogen-bond donors (Lipinski definition) is 1. The van der Waals surface area contributed by atoms with Crippen molar-refractivity contribution >= 4 is 21.9 Å². The molecule has 0 aliphatic heterocycles. The molecule has 0 saturated heterocycles. The zero-order valence-corrected chi connectivity index (χ0v) is 6.88. The van der Waals surface area contributed by atoms with E-state index in [4.69, 9.17) is 9.52 Å². The predicted molar refractivity (Wildman–Crippen MR) is 40.9 cm³/mol. The lowest BCUT2D eigenvalue weighted by molar-refractivity contribution is -0.130. The van der Waals surface area contributed by atoms with Crippen molar-refractivity contribution in [2.45, 2.75) is 0 Å². The molecule has 0 spiro atoms. The number of rotatable bonds is 0. The molecule has 1 heterocycles. The van der Waals surface area contributed by atoms with E-state index in [1.54, 1.807) is 12.1 Å². The Hall–Kier alpha value is -1.21. The first-order valence-corrected chi connectivity index (χ1v) is 3.48. The van der Waals surface area contributed by atoms with Crippen LogP contribution in [0.1, 0.15) is 5.76 Å². The van der Waals surface area contributed by atoms with E-state index in [1.165, 1.54) is 0 Å². The number of aliphatic carboxylic acids is 1. The molecule has 1 aromatic heterocycles. The van der Waals surface area contributed by atoms with E-state index in [0.29, 0.717) is 10.4 Å². The lowest BCUT2D eigenvalue weighted by Crippen LogP contribution is -1.86. The minimum atomic E-state index is -1.17. The zero-order chi connectivity index (χ0) is 8.27. The van der Waals surface area contributed by atoms with Crippen molar-refractivity contribution in [1.29, 1.82) is 0 Å². The summed E-state index contributed by atoms with van der Waals surface area (Å²) in [7, 11) is 0. The molecule has 0 fully saturated rings. The summed E-state index contributed by atoms with van der Waals surface area (Å²) < 4.78 is 5.45. The van der Waals surface area contributed by atoms with Crippen LogP contribution in [0.4, 0.5) is 0 Å². The Morgan fingerprint density at radius 3 is 2.82 bits per heavy atom. The Balaban J connectivity index is 2.82. The summed E-state index contributed by atoms with van der Waals surface area (Å²) in [5, 5.41) is 8.15. The Kier molecular flexibility index (Phi) is 2.34. The standard InChI is InChI=1S/C7H3BrO3/c8-6-3-1-5(11-6)2-4-7(9)10/h1,3H,(H,9,10). The van der Waals surface area contributed by atoms with Crippen molar-refractivity contribution in [2.75, 3.05) is 0 Å². The maximum absolute atomic E-state index is 9.95. The molecule has 0 bridgehead atoms. The van der Waals surface area contributed by atoms with E-state index in [9.17, 15) is 4.79 Å².